The lowest BCUT2D eigenvalue weighted by atomic mass is 10.0. The van der Waals surface area contributed by atoms with E-state index in [4.69, 9.17) is 28.4 Å². The van der Waals surface area contributed by atoms with Crippen molar-refractivity contribution < 1.29 is 28.4 Å². The normalized spacial score (nSPS) is 14.9. The second kappa shape index (κ2) is 15.7. The fourth-order valence-electron chi connectivity index (χ4n) is 2.64. The molecule has 0 aliphatic carbocycles. The second-order valence-electron chi connectivity index (χ2n) is 8.05. The van der Waals surface area contributed by atoms with Gasteiger partial charge in [0.25, 0.3) is 0 Å². The van der Waals surface area contributed by atoms with Crippen molar-refractivity contribution in [2.45, 2.75) is 79.5 Å². The van der Waals surface area contributed by atoms with Crippen molar-refractivity contribution in [3.05, 3.63) is 0 Å². The van der Waals surface area contributed by atoms with E-state index in [9.17, 15) is 0 Å². The maximum absolute atomic E-state index is 6.13. The highest BCUT2D eigenvalue weighted by Gasteiger charge is 2.25. The lowest BCUT2D eigenvalue weighted by Crippen LogP contribution is -2.35. The third kappa shape index (κ3) is 14.4. The maximum Gasteiger partial charge on any atom is 0.160 e. The average Bonchev–Trinajstić information content (AvgIpc) is 2.58. The summed E-state index contributed by atoms with van der Waals surface area (Å²) in [4.78, 5) is 0. The van der Waals surface area contributed by atoms with Crippen molar-refractivity contribution in [2.24, 2.45) is 11.8 Å². The summed E-state index contributed by atoms with van der Waals surface area (Å²) in [6.45, 7) is 17.9. The van der Waals surface area contributed by atoms with Gasteiger partial charge in [0, 0.05) is 18.9 Å². The van der Waals surface area contributed by atoms with Crippen molar-refractivity contribution in [1.29, 1.82) is 0 Å². The van der Waals surface area contributed by atoms with Crippen LogP contribution >= 0.6 is 0 Å². The van der Waals surface area contributed by atoms with Crippen LogP contribution in [0.25, 0.3) is 0 Å². The number of methoxy groups -OCH3 is 1. The molecule has 27 heavy (non-hydrogen) atoms. The molecule has 0 rings (SSSR count). The smallest absolute Gasteiger partial charge is 0.160 e. The van der Waals surface area contributed by atoms with Crippen LogP contribution in [0.4, 0.5) is 0 Å². The number of hydrogen-bond donors (Lipinski definition) is 0. The minimum atomic E-state index is -0.210. The van der Waals surface area contributed by atoms with Gasteiger partial charge < -0.3 is 28.4 Å². The first-order chi connectivity index (χ1) is 12.7. The van der Waals surface area contributed by atoms with Crippen LogP contribution in [0.3, 0.4) is 0 Å². The van der Waals surface area contributed by atoms with Crippen molar-refractivity contribution in [3.8, 4) is 0 Å². The van der Waals surface area contributed by atoms with Gasteiger partial charge in [-0.15, -0.1) is 0 Å². The van der Waals surface area contributed by atoms with Crippen LogP contribution in [0.5, 0.6) is 0 Å². The van der Waals surface area contributed by atoms with Crippen LogP contribution in [-0.2, 0) is 28.4 Å². The molecule has 0 amide bonds. The van der Waals surface area contributed by atoms with E-state index in [2.05, 4.69) is 48.5 Å². The Balaban J connectivity index is 3.71. The summed E-state index contributed by atoms with van der Waals surface area (Å²) in [5.41, 5.74) is -0.169. The Morgan fingerprint density at radius 1 is 0.704 bits per heavy atom. The Kier molecular flexibility index (Phi) is 15.5. The topological polar surface area (TPSA) is 55.4 Å². The third-order valence-corrected chi connectivity index (χ3v) is 4.00. The van der Waals surface area contributed by atoms with Gasteiger partial charge in [0.15, 0.2) is 12.6 Å². The fraction of sp³-hybridized carbons (Fsp3) is 1.00. The molecular weight excluding hydrogens is 348 g/mol. The summed E-state index contributed by atoms with van der Waals surface area (Å²) in [5.74, 6) is 0.621. The molecule has 0 aliphatic rings. The van der Waals surface area contributed by atoms with Crippen molar-refractivity contribution >= 4 is 0 Å². The van der Waals surface area contributed by atoms with Gasteiger partial charge in [-0.05, 0) is 20.3 Å². The van der Waals surface area contributed by atoms with Crippen LogP contribution in [0.2, 0.25) is 0 Å². The molecule has 0 aromatic carbocycles. The van der Waals surface area contributed by atoms with Gasteiger partial charge in [-0.3, -0.25) is 0 Å². The van der Waals surface area contributed by atoms with Gasteiger partial charge in [-0.25, -0.2) is 0 Å². The number of ether oxygens (including phenoxy) is 6. The molecule has 2 unspecified atom stereocenters. The number of rotatable bonds is 18. The zero-order valence-corrected chi connectivity index (χ0v) is 18.9. The van der Waals surface area contributed by atoms with Crippen molar-refractivity contribution in [2.75, 3.05) is 46.8 Å². The lowest BCUT2D eigenvalue weighted by molar-refractivity contribution is -0.225. The van der Waals surface area contributed by atoms with E-state index < -0.39 is 0 Å². The molecule has 0 fully saturated rings. The summed E-state index contributed by atoms with van der Waals surface area (Å²) in [5, 5.41) is 0. The highest BCUT2D eigenvalue weighted by Crippen LogP contribution is 2.22. The largest absolute Gasteiger partial charge is 0.377 e. The molecule has 2 atom stereocenters. The van der Waals surface area contributed by atoms with E-state index >= 15 is 0 Å². The van der Waals surface area contributed by atoms with E-state index in [0.717, 1.165) is 12.8 Å². The lowest BCUT2D eigenvalue weighted by Gasteiger charge is -2.32. The molecule has 6 heteroatoms. The summed E-state index contributed by atoms with van der Waals surface area (Å²) in [7, 11) is 1.65. The van der Waals surface area contributed by atoms with Crippen LogP contribution < -0.4 is 0 Å². The summed E-state index contributed by atoms with van der Waals surface area (Å²) in [6, 6.07) is 0. The monoisotopic (exact) mass is 392 g/mol. The molecule has 0 N–H and O–H groups in total. The van der Waals surface area contributed by atoms with E-state index in [1.165, 1.54) is 0 Å². The first-order valence-electron chi connectivity index (χ1n) is 10.3. The molecule has 0 saturated heterocycles. The minimum Gasteiger partial charge on any atom is -0.377 e. The first-order valence-corrected chi connectivity index (χ1v) is 10.3. The highest BCUT2D eigenvalue weighted by molar-refractivity contribution is 4.69. The van der Waals surface area contributed by atoms with Crippen LogP contribution in [-0.4, -0.2) is 64.9 Å². The Morgan fingerprint density at radius 2 is 1.15 bits per heavy atom. The molecule has 0 heterocycles. The van der Waals surface area contributed by atoms with Gasteiger partial charge in [0.1, 0.15) is 0 Å². The first kappa shape index (κ1) is 26.8. The molecular formula is C21H44O6. The molecule has 0 aliphatic heterocycles. The minimum absolute atomic E-state index is 0.169. The van der Waals surface area contributed by atoms with Crippen LogP contribution in [0.1, 0.15) is 61.3 Å². The molecule has 0 spiro atoms. The zero-order valence-electron chi connectivity index (χ0n) is 18.9. The third-order valence-electron chi connectivity index (χ3n) is 4.00. The summed E-state index contributed by atoms with van der Waals surface area (Å²) in [6.07, 6.45) is 1.72. The van der Waals surface area contributed by atoms with E-state index in [1.54, 1.807) is 7.11 Å². The number of hydrogen-bond acceptors (Lipinski definition) is 6. The molecule has 0 radical (unpaired) electrons. The quantitative estimate of drug-likeness (QED) is 0.257. The zero-order chi connectivity index (χ0) is 20.7. The van der Waals surface area contributed by atoms with E-state index in [-0.39, 0.29) is 18.2 Å². The summed E-state index contributed by atoms with van der Waals surface area (Å²) >= 11 is 0. The van der Waals surface area contributed by atoms with E-state index in [1.807, 2.05) is 0 Å². The highest BCUT2D eigenvalue weighted by atomic mass is 16.7. The van der Waals surface area contributed by atoms with Gasteiger partial charge in [-0.1, -0.05) is 41.0 Å². The summed E-state index contributed by atoms with van der Waals surface area (Å²) < 4.78 is 33.9. The standard InChI is InChI=1S/C21H44O6/c1-9-10-21(6,7)27-20(18(4)5)26-16-14-24-12-11-23-13-15-25-19(22-8)17(2)3/h17-20H,9-16H2,1-8H3. The predicted molar refractivity (Wildman–Crippen MR) is 108 cm³/mol. The molecule has 0 saturated carbocycles. The van der Waals surface area contributed by atoms with Crippen LogP contribution in [0, 0.1) is 11.8 Å². The van der Waals surface area contributed by atoms with Crippen molar-refractivity contribution in [1.82, 2.24) is 0 Å². The van der Waals surface area contributed by atoms with Crippen LogP contribution in [0.15, 0.2) is 0 Å². The Hall–Kier alpha value is -0.240. The van der Waals surface area contributed by atoms with Gasteiger partial charge in [0.2, 0.25) is 0 Å². The average molecular weight is 393 g/mol. The molecule has 164 valence electrons. The Labute approximate surface area is 167 Å². The second-order valence-corrected chi connectivity index (χ2v) is 8.05. The Bertz CT molecular complexity index is 333. The Morgan fingerprint density at radius 3 is 1.56 bits per heavy atom. The van der Waals surface area contributed by atoms with E-state index in [0.29, 0.717) is 51.5 Å². The predicted octanol–water partition coefficient (Wildman–Crippen LogP) is 4.26. The molecule has 0 bridgehead atoms. The van der Waals surface area contributed by atoms with Gasteiger partial charge in [0.05, 0.1) is 45.2 Å². The SMILES string of the molecule is CCCC(C)(C)OC(OCCOCCOCCOC(OC)C(C)C)C(C)C. The van der Waals surface area contributed by atoms with Gasteiger partial charge in [-0.2, -0.15) is 0 Å². The fourth-order valence-corrected chi connectivity index (χ4v) is 2.64. The van der Waals surface area contributed by atoms with Gasteiger partial charge >= 0.3 is 0 Å². The molecule has 6 nitrogen and oxygen atoms in total. The maximum atomic E-state index is 6.13. The molecule has 0 aromatic rings. The molecule has 0 aromatic heterocycles. The van der Waals surface area contributed by atoms with Crippen molar-refractivity contribution in [3.63, 3.8) is 0 Å².